The number of nitrogens with two attached hydrogens (primary N) is 1. The maximum atomic E-state index is 6.98. The van der Waals surface area contributed by atoms with Gasteiger partial charge in [-0.2, -0.15) is 0 Å². The van der Waals surface area contributed by atoms with E-state index < -0.39 is 8.09 Å². The lowest BCUT2D eigenvalue weighted by atomic mass is 10.2. The molecule has 0 saturated heterocycles. The van der Waals surface area contributed by atoms with Gasteiger partial charge in [-0.05, 0) is 5.56 Å². The Morgan fingerprint density at radius 1 is 1.36 bits per heavy atom. The number of nitrogens with one attached hydrogen (secondary N) is 1. The van der Waals surface area contributed by atoms with Crippen LogP contribution in [0.4, 0.5) is 0 Å². The third-order valence-electron chi connectivity index (χ3n) is 1.24. The van der Waals surface area contributed by atoms with Crippen molar-refractivity contribution in [3.05, 3.63) is 35.9 Å². The predicted octanol–water partition coefficient (Wildman–Crippen LogP) is 1.97. The molecule has 0 fully saturated rings. The van der Waals surface area contributed by atoms with Crippen molar-refractivity contribution in [3.8, 4) is 0 Å². The molecule has 4 heteroatoms. The van der Waals surface area contributed by atoms with E-state index in [1.54, 1.807) is 0 Å². The maximum Gasteiger partial charge on any atom is 0.132 e. The van der Waals surface area contributed by atoms with Crippen molar-refractivity contribution in [2.24, 2.45) is 5.50 Å². The monoisotopic (exact) mass is 170 g/mol. The molecule has 1 unspecified atom stereocenters. The molecule has 0 saturated carbocycles. The molecule has 0 aliphatic carbocycles. The molecule has 1 aromatic rings. The summed E-state index contributed by atoms with van der Waals surface area (Å²) in [4.78, 5) is 0. The van der Waals surface area contributed by atoms with Gasteiger partial charge in [0.25, 0.3) is 0 Å². The van der Waals surface area contributed by atoms with E-state index in [1.807, 2.05) is 30.3 Å². The fourth-order valence-corrected chi connectivity index (χ4v) is 1.06. The summed E-state index contributed by atoms with van der Waals surface area (Å²) in [5.41, 5.74) is 6.25. The third-order valence-corrected chi connectivity index (χ3v) is 1.69. The molecule has 0 aromatic heterocycles. The highest BCUT2D eigenvalue weighted by molar-refractivity contribution is 7.37. The van der Waals surface area contributed by atoms with Crippen LogP contribution >= 0.6 is 8.09 Å². The fourth-order valence-electron chi connectivity index (χ4n) is 0.735. The minimum absolute atomic E-state index is 0.454. The van der Waals surface area contributed by atoms with Crippen LogP contribution in [-0.4, -0.2) is 0 Å². The predicted molar refractivity (Wildman–Crippen MR) is 46.5 cm³/mol. The number of hydrogen-bond donors (Lipinski definition) is 2. The lowest BCUT2D eigenvalue weighted by Crippen LogP contribution is -1.87. The topological polar surface area (TPSA) is 59.1 Å². The zero-order valence-electron chi connectivity index (χ0n) is 6.08. The van der Waals surface area contributed by atoms with Crippen LogP contribution in [0.1, 0.15) is 5.56 Å². The Morgan fingerprint density at radius 3 is 2.55 bits per heavy atom. The summed E-state index contributed by atoms with van der Waals surface area (Å²) in [5, 5.41) is 6.98. The zero-order valence-corrected chi connectivity index (χ0v) is 7.08. The highest BCUT2D eigenvalue weighted by Crippen LogP contribution is 2.14. The van der Waals surface area contributed by atoms with E-state index in [9.17, 15) is 0 Å². The first-order valence-electron chi connectivity index (χ1n) is 3.30. The Bertz CT molecular complexity index is 237. The first-order valence-corrected chi connectivity index (χ1v) is 4.78. The molecule has 0 spiro atoms. The van der Waals surface area contributed by atoms with Gasteiger partial charge < -0.3 is 4.52 Å². The normalized spacial score (nSPS) is 12.8. The van der Waals surface area contributed by atoms with Gasteiger partial charge in [-0.3, -0.25) is 10.7 Å². The van der Waals surface area contributed by atoms with Crippen molar-refractivity contribution in [1.82, 2.24) is 0 Å². The molecule has 0 aliphatic heterocycles. The number of hydrogen-bond acceptors (Lipinski definition) is 2. The summed E-state index contributed by atoms with van der Waals surface area (Å²) < 4.78 is 4.97. The second-order valence-corrected chi connectivity index (χ2v) is 3.16. The minimum atomic E-state index is -1.78. The highest BCUT2D eigenvalue weighted by Gasteiger charge is 1.89. The molecule has 0 heterocycles. The Labute approximate surface area is 66.6 Å². The summed E-state index contributed by atoms with van der Waals surface area (Å²) >= 11 is 0. The average molecular weight is 170 g/mol. The minimum Gasteiger partial charge on any atom is -0.330 e. The maximum absolute atomic E-state index is 6.98. The van der Waals surface area contributed by atoms with E-state index in [-0.39, 0.29) is 0 Å². The Morgan fingerprint density at radius 2 is 2.00 bits per heavy atom. The molecule has 3 N–H and O–H groups in total. The second kappa shape index (κ2) is 4.29. The summed E-state index contributed by atoms with van der Waals surface area (Å²) in [6.45, 7) is 0.454. The smallest absolute Gasteiger partial charge is 0.132 e. The SMILES string of the molecule is N=[PH](N)OCc1ccccc1. The van der Waals surface area contributed by atoms with Crippen molar-refractivity contribution in [2.45, 2.75) is 6.61 Å². The molecule has 0 radical (unpaired) electrons. The van der Waals surface area contributed by atoms with Crippen molar-refractivity contribution in [3.63, 3.8) is 0 Å². The first kappa shape index (κ1) is 8.47. The van der Waals surface area contributed by atoms with E-state index in [1.165, 1.54) is 0 Å². The Balaban J connectivity index is 2.45. The van der Waals surface area contributed by atoms with Gasteiger partial charge >= 0.3 is 0 Å². The van der Waals surface area contributed by atoms with Crippen molar-refractivity contribution >= 4 is 8.09 Å². The molecule has 3 nitrogen and oxygen atoms in total. The third kappa shape index (κ3) is 3.33. The molecule has 0 bridgehead atoms. The van der Waals surface area contributed by atoms with Crippen molar-refractivity contribution in [1.29, 1.82) is 5.16 Å². The van der Waals surface area contributed by atoms with Gasteiger partial charge in [0.15, 0.2) is 0 Å². The van der Waals surface area contributed by atoms with E-state index >= 15 is 0 Å². The van der Waals surface area contributed by atoms with Gasteiger partial charge in [0, 0.05) is 0 Å². The van der Waals surface area contributed by atoms with E-state index in [2.05, 4.69) is 0 Å². The largest absolute Gasteiger partial charge is 0.330 e. The summed E-state index contributed by atoms with van der Waals surface area (Å²) in [7, 11) is -1.78. The van der Waals surface area contributed by atoms with E-state index in [0.717, 1.165) is 5.56 Å². The van der Waals surface area contributed by atoms with Crippen LogP contribution in [0.15, 0.2) is 30.3 Å². The van der Waals surface area contributed by atoms with Crippen LogP contribution in [0, 0.1) is 5.16 Å². The van der Waals surface area contributed by atoms with Gasteiger partial charge in [-0.1, -0.05) is 30.3 Å². The van der Waals surface area contributed by atoms with Crippen molar-refractivity contribution < 1.29 is 4.52 Å². The molecule has 1 atom stereocenters. The van der Waals surface area contributed by atoms with Crippen LogP contribution in [0.3, 0.4) is 0 Å². The average Bonchev–Trinajstić information content (AvgIpc) is 2.03. The molecular weight excluding hydrogens is 159 g/mol. The summed E-state index contributed by atoms with van der Waals surface area (Å²) in [6.07, 6.45) is 0. The lowest BCUT2D eigenvalue weighted by Gasteiger charge is -2.00. The molecular formula is C7H11N2OP. The van der Waals surface area contributed by atoms with Gasteiger partial charge in [0.2, 0.25) is 0 Å². The van der Waals surface area contributed by atoms with Gasteiger partial charge in [0.05, 0.1) is 6.61 Å². The second-order valence-electron chi connectivity index (χ2n) is 2.14. The molecule has 11 heavy (non-hydrogen) atoms. The molecule has 0 amide bonds. The number of benzene rings is 1. The van der Waals surface area contributed by atoms with Crippen molar-refractivity contribution in [2.75, 3.05) is 0 Å². The Hall–Kier alpha value is -0.630. The van der Waals surface area contributed by atoms with Gasteiger partial charge in [-0.15, -0.1) is 0 Å². The lowest BCUT2D eigenvalue weighted by molar-refractivity contribution is 0.345. The van der Waals surface area contributed by atoms with Crippen LogP contribution in [0.5, 0.6) is 0 Å². The van der Waals surface area contributed by atoms with Crippen LogP contribution in [0.25, 0.3) is 0 Å². The van der Waals surface area contributed by atoms with E-state index in [0.29, 0.717) is 6.61 Å². The summed E-state index contributed by atoms with van der Waals surface area (Å²) in [5.74, 6) is 0. The Kier molecular flexibility index (Phi) is 3.30. The highest BCUT2D eigenvalue weighted by atomic mass is 31.1. The van der Waals surface area contributed by atoms with Gasteiger partial charge in [0.1, 0.15) is 8.09 Å². The van der Waals surface area contributed by atoms with E-state index in [4.69, 9.17) is 15.2 Å². The summed E-state index contributed by atoms with van der Waals surface area (Å²) in [6, 6.07) is 9.71. The molecule has 1 rings (SSSR count). The first-order chi connectivity index (χ1) is 5.29. The number of rotatable bonds is 3. The van der Waals surface area contributed by atoms with Crippen LogP contribution < -0.4 is 5.50 Å². The van der Waals surface area contributed by atoms with Gasteiger partial charge in [-0.25, -0.2) is 0 Å². The molecule has 1 aromatic carbocycles. The molecule has 0 aliphatic rings. The quantitative estimate of drug-likeness (QED) is 0.681. The molecule has 60 valence electrons. The standard InChI is InChI=1S/C7H11N2OP/c8-11(9)10-6-7-4-2-1-3-5-7/h1-5,11H,6H2,(H3,8,9). The van der Waals surface area contributed by atoms with Crippen LogP contribution in [0.2, 0.25) is 0 Å². The zero-order chi connectivity index (χ0) is 8.10. The fraction of sp³-hybridized carbons (Fsp3) is 0.143. The van der Waals surface area contributed by atoms with Crippen LogP contribution in [-0.2, 0) is 11.1 Å².